The number of hydrogen-bond acceptors (Lipinski definition) is 5. The molecule has 0 radical (unpaired) electrons. The SMILES string of the molecule is O=[N+]([O-])c1ccc(F)cc1CN1C[C@@H](O)[C@@H](O)C1. The average Bonchev–Trinajstić information content (AvgIpc) is 2.57. The fourth-order valence-corrected chi connectivity index (χ4v) is 2.08. The second-order valence-electron chi connectivity index (χ2n) is 4.36. The molecule has 0 aromatic heterocycles. The summed E-state index contributed by atoms with van der Waals surface area (Å²) in [6, 6.07) is 3.26. The molecule has 1 heterocycles. The molecule has 1 aliphatic rings. The van der Waals surface area contributed by atoms with Gasteiger partial charge in [-0.05, 0) is 12.1 Å². The number of aliphatic hydroxyl groups is 2. The van der Waals surface area contributed by atoms with Gasteiger partial charge < -0.3 is 10.2 Å². The molecule has 2 N–H and O–H groups in total. The van der Waals surface area contributed by atoms with E-state index in [9.17, 15) is 24.7 Å². The molecule has 1 aromatic rings. The van der Waals surface area contributed by atoms with E-state index >= 15 is 0 Å². The van der Waals surface area contributed by atoms with Crippen molar-refractivity contribution in [3.63, 3.8) is 0 Å². The Kier molecular flexibility index (Phi) is 3.55. The predicted octanol–water partition coefficient (Wildman–Crippen LogP) is 0.271. The Morgan fingerprint density at radius 3 is 2.56 bits per heavy atom. The molecule has 1 saturated heterocycles. The van der Waals surface area contributed by atoms with Gasteiger partial charge >= 0.3 is 0 Å². The van der Waals surface area contributed by atoms with Crippen LogP contribution in [-0.2, 0) is 6.54 Å². The number of rotatable bonds is 3. The molecule has 0 amide bonds. The highest BCUT2D eigenvalue weighted by molar-refractivity contribution is 5.40. The molecular formula is C11H13FN2O4. The van der Waals surface area contributed by atoms with Crippen LogP contribution in [0, 0.1) is 15.9 Å². The minimum Gasteiger partial charge on any atom is -0.389 e. The lowest BCUT2D eigenvalue weighted by molar-refractivity contribution is -0.385. The quantitative estimate of drug-likeness (QED) is 0.599. The molecule has 1 aliphatic heterocycles. The van der Waals surface area contributed by atoms with Crippen molar-refractivity contribution in [2.45, 2.75) is 18.8 Å². The van der Waals surface area contributed by atoms with Gasteiger partial charge in [-0.2, -0.15) is 0 Å². The molecule has 7 heteroatoms. The van der Waals surface area contributed by atoms with Crippen LogP contribution in [0.15, 0.2) is 18.2 Å². The summed E-state index contributed by atoms with van der Waals surface area (Å²) in [5.41, 5.74) is 0.0774. The van der Waals surface area contributed by atoms with Gasteiger partial charge in [0.2, 0.25) is 0 Å². The molecule has 0 bridgehead atoms. The number of β-amino-alcohol motifs (C(OH)–C–C–N with tert-alkyl or cyclic N) is 2. The number of hydrogen-bond donors (Lipinski definition) is 2. The van der Waals surface area contributed by atoms with Crippen molar-refractivity contribution < 1.29 is 19.5 Å². The summed E-state index contributed by atoms with van der Waals surface area (Å²) in [5, 5.41) is 29.6. The number of aliphatic hydroxyl groups excluding tert-OH is 2. The Bertz CT molecular complexity index is 458. The molecule has 0 unspecified atom stereocenters. The molecule has 98 valence electrons. The van der Waals surface area contributed by atoms with Crippen molar-refractivity contribution in [1.29, 1.82) is 0 Å². The fourth-order valence-electron chi connectivity index (χ4n) is 2.08. The zero-order chi connectivity index (χ0) is 13.3. The molecule has 2 atom stereocenters. The lowest BCUT2D eigenvalue weighted by Crippen LogP contribution is -2.22. The van der Waals surface area contributed by atoms with Gasteiger partial charge in [0, 0.05) is 31.3 Å². The minimum absolute atomic E-state index is 0.127. The maximum atomic E-state index is 13.1. The predicted molar refractivity (Wildman–Crippen MR) is 60.3 cm³/mol. The monoisotopic (exact) mass is 256 g/mol. The van der Waals surface area contributed by atoms with Crippen LogP contribution in [0.2, 0.25) is 0 Å². The highest BCUT2D eigenvalue weighted by atomic mass is 19.1. The first kappa shape index (κ1) is 12.9. The van der Waals surface area contributed by atoms with Crippen LogP contribution < -0.4 is 0 Å². The van der Waals surface area contributed by atoms with E-state index in [1.54, 1.807) is 4.90 Å². The van der Waals surface area contributed by atoms with Gasteiger partial charge in [-0.1, -0.05) is 0 Å². The molecule has 2 rings (SSSR count). The van der Waals surface area contributed by atoms with Crippen molar-refractivity contribution in [3.05, 3.63) is 39.7 Å². The maximum absolute atomic E-state index is 13.1. The maximum Gasteiger partial charge on any atom is 0.274 e. The largest absolute Gasteiger partial charge is 0.389 e. The summed E-state index contributed by atoms with van der Waals surface area (Å²) in [4.78, 5) is 11.9. The zero-order valence-electron chi connectivity index (χ0n) is 9.49. The van der Waals surface area contributed by atoms with E-state index in [1.165, 1.54) is 0 Å². The molecular weight excluding hydrogens is 243 g/mol. The summed E-state index contributed by atoms with van der Waals surface area (Å²) in [6.45, 7) is 0.561. The van der Waals surface area contributed by atoms with Crippen molar-refractivity contribution in [3.8, 4) is 0 Å². The fraction of sp³-hybridized carbons (Fsp3) is 0.455. The van der Waals surface area contributed by atoms with Crippen LogP contribution in [0.3, 0.4) is 0 Å². The second-order valence-corrected chi connectivity index (χ2v) is 4.36. The smallest absolute Gasteiger partial charge is 0.274 e. The van der Waals surface area contributed by atoms with Gasteiger partial charge in [-0.15, -0.1) is 0 Å². The van der Waals surface area contributed by atoms with Crippen LogP contribution in [0.5, 0.6) is 0 Å². The Morgan fingerprint density at radius 2 is 2.00 bits per heavy atom. The van der Waals surface area contributed by atoms with Crippen molar-refractivity contribution in [2.75, 3.05) is 13.1 Å². The highest BCUT2D eigenvalue weighted by Crippen LogP contribution is 2.23. The molecule has 0 aliphatic carbocycles. The van der Waals surface area contributed by atoms with Gasteiger partial charge in [-0.3, -0.25) is 15.0 Å². The molecule has 0 saturated carbocycles. The molecule has 1 aromatic carbocycles. The van der Waals surface area contributed by atoms with E-state index in [-0.39, 0.29) is 30.9 Å². The average molecular weight is 256 g/mol. The van der Waals surface area contributed by atoms with Crippen molar-refractivity contribution in [1.82, 2.24) is 4.90 Å². The van der Waals surface area contributed by atoms with Crippen molar-refractivity contribution >= 4 is 5.69 Å². The minimum atomic E-state index is -0.863. The van der Waals surface area contributed by atoms with Gasteiger partial charge in [0.05, 0.1) is 17.1 Å². The number of nitro benzene ring substituents is 1. The van der Waals surface area contributed by atoms with Crippen molar-refractivity contribution in [2.24, 2.45) is 0 Å². The number of halogens is 1. The Labute approximate surface area is 102 Å². The number of benzene rings is 1. The summed E-state index contributed by atoms with van der Waals surface area (Å²) < 4.78 is 13.1. The van der Waals surface area contributed by atoms with Gasteiger partial charge in [0.1, 0.15) is 5.82 Å². The first-order chi connectivity index (χ1) is 8.47. The Morgan fingerprint density at radius 1 is 1.39 bits per heavy atom. The molecule has 0 spiro atoms. The van der Waals surface area contributed by atoms with Crippen LogP contribution in [-0.4, -0.2) is 45.3 Å². The topological polar surface area (TPSA) is 86.8 Å². The molecule has 1 fully saturated rings. The molecule has 6 nitrogen and oxygen atoms in total. The first-order valence-electron chi connectivity index (χ1n) is 5.48. The van der Waals surface area contributed by atoms with E-state index in [1.807, 2.05) is 0 Å². The number of nitro groups is 1. The normalized spacial score (nSPS) is 24.4. The van der Waals surface area contributed by atoms with E-state index in [0.717, 1.165) is 18.2 Å². The van der Waals surface area contributed by atoms with Crippen LogP contribution in [0.1, 0.15) is 5.56 Å². The third-order valence-electron chi connectivity index (χ3n) is 2.97. The third kappa shape index (κ3) is 2.63. The van der Waals surface area contributed by atoms with E-state index in [2.05, 4.69) is 0 Å². The number of likely N-dealkylation sites (tertiary alicyclic amines) is 1. The second kappa shape index (κ2) is 4.97. The summed E-state index contributed by atoms with van der Waals surface area (Å²) in [6.07, 6.45) is -1.73. The highest BCUT2D eigenvalue weighted by Gasteiger charge is 2.30. The lowest BCUT2D eigenvalue weighted by atomic mass is 10.1. The van der Waals surface area contributed by atoms with Crippen LogP contribution in [0.4, 0.5) is 10.1 Å². The molecule has 18 heavy (non-hydrogen) atoms. The van der Waals surface area contributed by atoms with Gasteiger partial charge in [0.15, 0.2) is 0 Å². The summed E-state index contributed by atoms with van der Waals surface area (Å²) >= 11 is 0. The summed E-state index contributed by atoms with van der Waals surface area (Å²) in [5.74, 6) is -0.545. The summed E-state index contributed by atoms with van der Waals surface area (Å²) in [7, 11) is 0. The van der Waals surface area contributed by atoms with E-state index < -0.39 is 22.9 Å². The standard InChI is InChI=1S/C11H13FN2O4/c12-8-1-2-9(14(17)18)7(3-8)4-13-5-10(15)11(16)6-13/h1-3,10-11,15-16H,4-6H2/t10-,11+. The van der Waals surface area contributed by atoms with E-state index in [4.69, 9.17) is 0 Å². The van der Waals surface area contributed by atoms with Crippen LogP contribution >= 0.6 is 0 Å². The van der Waals surface area contributed by atoms with E-state index in [0.29, 0.717) is 0 Å². The Balaban J connectivity index is 2.18. The van der Waals surface area contributed by atoms with Gasteiger partial charge in [-0.25, -0.2) is 4.39 Å². The van der Waals surface area contributed by atoms with Gasteiger partial charge in [0.25, 0.3) is 5.69 Å². The van der Waals surface area contributed by atoms with Crippen LogP contribution in [0.25, 0.3) is 0 Å². The lowest BCUT2D eigenvalue weighted by Gasteiger charge is -2.14. The first-order valence-corrected chi connectivity index (χ1v) is 5.48. The number of nitrogens with zero attached hydrogens (tertiary/aromatic N) is 2. The zero-order valence-corrected chi connectivity index (χ0v) is 9.49. The Hall–Kier alpha value is -1.57. The third-order valence-corrected chi connectivity index (χ3v) is 2.97.